The van der Waals surface area contributed by atoms with E-state index in [1.165, 1.54) is 4.31 Å². The fourth-order valence-corrected chi connectivity index (χ4v) is 5.09. The molecule has 1 saturated heterocycles. The Bertz CT molecular complexity index is 1170. The van der Waals surface area contributed by atoms with E-state index < -0.39 is 10.0 Å². The number of aryl methyl sites for hydroxylation is 1. The van der Waals surface area contributed by atoms with Gasteiger partial charge in [-0.2, -0.15) is 4.31 Å². The Morgan fingerprint density at radius 1 is 1.03 bits per heavy atom. The van der Waals surface area contributed by atoms with Crippen LogP contribution in [0.25, 0.3) is 5.69 Å². The quantitative estimate of drug-likeness (QED) is 0.591. The molecule has 0 aliphatic carbocycles. The number of hydrogen-bond donors (Lipinski definition) is 1. The lowest BCUT2D eigenvalue weighted by molar-refractivity contribution is 0.0729. The zero-order valence-electron chi connectivity index (χ0n) is 17.9. The van der Waals surface area contributed by atoms with E-state index in [1.807, 2.05) is 42.0 Å². The lowest BCUT2D eigenvalue weighted by Crippen LogP contribution is -2.41. The minimum Gasteiger partial charge on any atom is -0.379 e. The van der Waals surface area contributed by atoms with Gasteiger partial charge in [-0.05, 0) is 42.3 Å². The molecule has 2 aromatic carbocycles. The molecule has 1 aliphatic rings. The molecule has 168 valence electrons. The highest BCUT2D eigenvalue weighted by molar-refractivity contribution is 7.88. The van der Waals surface area contributed by atoms with E-state index >= 15 is 0 Å². The minimum absolute atomic E-state index is 0.0857. The molecule has 1 aliphatic heterocycles. The van der Waals surface area contributed by atoms with Crippen molar-refractivity contribution in [3.63, 3.8) is 0 Å². The molecule has 9 heteroatoms. The molecule has 3 aromatic rings. The summed E-state index contributed by atoms with van der Waals surface area (Å²) in [4.78, 5) is 16.7. The summed E-state index contributed by atoms with van der Waals surface area (Å²) >= 11 is 0. The van der Waals surface area contributed by atoms with Gasteiger partial charge in [-0.3, -0.25) is 4.79 Å². The molecular weight excluding hydrogens is 428 g/mol. The van der Waals surface area contributed by atoms with Crippen molar-refractivity contribution < 1.29 is 17.9 Å². The fourth-order valence-electron chi connectivity index (χ4n) is 3.59. The molecule has 0 radical (unpaired) electrons. The third-order valence-corrected chi connectivity index (χ3v) is 7.27. The van der Waals surface area contributed by atoms with Crippen LogP contribution in [0.3, 0.4) is 0 Å². The molecule has 8 nitrogen and oxygen atoms in total. The summed E-state index contributed by atoms with van der Waals surface area (Å²) in [6, 6.07) is 14.6. The summed E-state index contributed by atoms with van der Waals surface area (Å²) in [6.45, 7) is 3.94. The van der Waals surface area contributed by atoms with Crippen molar-refractivity contribution in [1.82, 2.24) is 19.2 Å². The summed E-state index contributed by atoms with van der Waals surface area (Å²) < 4.78 is 33.7. The molecule has 1 fully saturated rings. The molecular formula is C23H26N4O4S. The number of hydrogen-bond acceptors (Lipinski definition) is 5. The lowest BCUT2D eigenvalue weighted by Gasteiger charge is -2.26. The Labute approximate surface area is 187 Å². The first kappa shape index (κ1) is 22.2. The van der Waals surface area contributed by atoms with Crippen LogP contribution in [0.2, 0.25) is 0 Å². The highest BCUT2D eigenvalue weighted by Crippen LogP contribution is 2.15. The summed E-state index contributed by atoms with van der Waals surface area (Å²) in [5.41, 5.74) is 3.13. The Hall–Kier alpha value is -3.01. The maximum absolute atomic E-state index is 12.5. The van der Waals surface area contributed by atoms with Crippen molar-refractivity contribution in [2.45, 2.75) is 19.2 Å². The molecule has 4 rings (SSSR count). The van der Waals surface area contributed by atoms with Crippen molar-refractivity contribution in [2.24, 2.45) is 0 Å². The van der Waals surface area contributed by atoms with E-state index in [9.17, 15) is 13.2 Å². The van der Waals surface area contributed by atoms with E-state index in [0.29, 0.717) is 44.0 Å². The first-order valence-corrected chi connectivity index (χ1v) is 12.1. The molecule has 0 saturated carbocycles. The molecule has 0 unspecified atom stereocenters. The molecule has 0 atom stereocenters. The van der Waals surface area contributed by atoms with Crippen LogP contribution < -0.4 is 5.32 Å². The van der Waals surface area contributed by atoms with E-state index in [2.05, 4.69) is 10.3 Å². The monoisotopic (exact) mass is 454 g/mol. The molecule has 1 aromatic heterocycles. The molecule has 2 heterocycles. The number of aromatic nitrogens is 2. The van der Waals surface area contributed by atoms with Gasteiger partial charge in [0.25, 0.3) is 5.91 Å². The number of benzene rings is 2. The van der Waals surface area contributed by atoms with Gasteiger partial charge in [-0.15, -0.1) is 0 Å². The number of carbonyl (C=O) groups is 1. The van der Waals surface area contributed by atoms with Crippen molar-refractivity contribution in [3.8, 4) is 5.69 Å². The average Bonchev–Trinajstić information content (AvgIpc) is 3.24. The standard InChI is InChI=1S/C23H26N4O4S/c1-18-24-10-11-27(18)22-8-4-19(5-9-22)16-25-23(28)21-6-2-20(3-7-21)17-32(29,30)26-12-14-31-15-13-26/h2-11H,12-17H2,1H3,(H,25,28). The smallest absolute Gasteiger partial charge is 0.251 e. The Kier molecular flexibility index (Phi) is 6.69. The number of amides is 1. The van der Waals surface area contributed by atoms with E-state index in [4.69, 9.17) is 4.74 Å². The van der Waals surface area contributed by atoms with Crippen LogP contribution in [0.5, 0.6) is 0 Å². The van der Waals surface area contributed by atoms with Crippen LogP contribution >= 0.6 is 0 Å². The van der Waals surface area contributed by atoms with Crippen molar-refractivity contribution >= 4 is 15.9 Å². The van der Waals surface area contributed by atoms with Crippen LogP contribution in [-0.4, -0.2) is 54.5 Å². The van der Waals surface area contributed by atoms with Gasteiger partial charge in [0, 0.05) is 43.3 Å². The van der Waals surface area contributed by atoms with E-state index in [0.717, 1.165) is 17.1 Å². The minimum atomic E-state index is -3.39. The largest absolute Gasteiger partial charge is 0.379 e. The maximum atomic E-state index is 12.5. The Balaban J connectivity index is 1.32. The summed E-state index contributed by atoms with van der Waals surface area (Å²) in [5, 5.41) is 2.90. The van der Waals surface area contributed by atoms with Crippen LogP contribution in [0.15, 0.2) is 60.9 Å². The maximum Gasteiger partial charge on any atom is 0.251 e. The predicted molar refractivity (Wildman–Crippen MR) is 121 cm³/mol. The number of rotatable bonds is 7. The number of imidazole rings is 1. The lowest BCUT2D eigenvalue weighted by atomic mass is 10.1. The zero-order chi connectivity index (χ0) is 22.6. The van der Waals surface area contributed by atoms with Crippen molar-refractivity contribution in [1.29, 1.82) is 0 Å². The van der Waals surface area contributed by atoms with Crippen LogP contribution in [0.4, 0.5) is 0 Å². The van der Waals surface area contributed by atoms with Crippen LogP contribution in [0, 0.1) is 6.92 Å². The topological polar surface area (TPSA) is 93.5 Å². The summed E-state index contributed by atoms with van der Waals surface area (Å²) in [5.74, 6) is 0.617. The van der Waals surface area contributed by atoms with Gasteiger partial charge in [0.2, 0.25) is 10.0 Å². The van der Waals surface area contributed by atoms with Gasteiger partial charge >= 0.3 is 0 Å². The summed E-state index contributed by atoms with van der Waals surface area (Å²) in [7, 11) is -3.39. The second-order valence-electron chi connectivity index (χ2n) is 7.66. The molecule has 1 amide bonds. The van der Waals surface area contributed by atoms with Crippen LogP contribution in [-0.2, 0) is 27.1 Å². The average molecular weight is 455 g/mol. The number of sulfonamides is 1. The van der Waals surface area contributed by atoms with Gasteiger partial charge in [0.15, 0.2) is 0 Å². The first-order chi connectivity index (χ1) is 15.4. The fraction of sp³-hybridized carbons (Fsp3) is 0.304. The SMILES string of the molecule is Cc1nccn1-c1ccc(CNC(=O)c2ccc(CS(=O)(=O)N3CCOCC3)cc2)cc1. The highest BCUT2D eigenvalue weighted by atomic mass is 32.2. The third kappa shape index (κ3) is 5.24. The number of carbonyl (C=O) groups excluding carboxylic acids is 1. The normalized spacial score (nSPS) is 14.9. The summed E-state index contributed by atoms with van der Waals surface area (Å²) in [6.07, 6.45) is 3.66. The van der Waals surface area contributed by atoms with Crippen molar-refractivity contribution in [3.05, 3.63) is 83.4 Å². The highest BCUT2D eigenvalue weighted by Gasteiger charge is 2.24. The van der Waals surface area contributed by atoms with Crippen LogP contribution in [0.1, 0.15) is 27.3 Å². The van der Waals surface area contributed by atoms with Gasteiger partial charge in [-0.25, -0.2) is 13.4 Å². The van der Waals surface area contributed by atoms with Gasteiger partial charge in [-0.1, -0.05) is 24.3 Å². The molecule has 0 spiro atoms. The van der Waals surface area contributed by atoms with Gasteiger partial charge in [0.05, 0.1) is 19.0 Å². The van der Waals surface area contributed by atoms with E-state index in [1.54, 1.807) is 30.5 Å². The molecule has 1 N–H and O–H groups in total. The predicted octanol–water partition coefficient (Wildman–Crippen LogP) is 2.27. The van der Waals surface area contributed by atoms with Gasteiger partial charge < -0.3 is 14.6 Å². The zero-order valence-corrected chi connectivity index (χ0v) is 18.7. The third-order valence-electron chi connectivity index (χ3n) is 5.42. The van der Waals surface area contributed by atoms with E-state index in [-0.39, 0.29) is 11.7 Å². The van der Waals surface area contributed by atoms with Crippen molar-refractivity contribution in [2.75, 3.05) is 26.3 Å². The Morgan fingerprint density at radius 2 is 1.69 bits per heavy atom. The molecule has 0 bridgehead atoms. The Morgan fingerprint density at radius 3 is 2.31 bits per heavy atom. The number of nitrogens with one attached hydrogen (secondary N) is 1. The molecule has 32 heavy (non-hydrogen) atoms. The number of ether oxygens (including phenoxy) is 1. The van der Waals surface area contributed by atoms with Gasteiger partial charge in [0.1, 0.15) is 5.82 Å². The second-order valence-corrected chi connectivity index (χ2v) is 9.63. The second kappa shape index (κ2) is 9.64. The first-order valence-electron chi connectivity index (χ1n) is 10.4. The number of nitrogens with zero attached hydrogens (tertiary/aromatic N) is 3. The number of morpholine rings is 1.